The summed E-state index contributed by atoms with van der Waals surface area (Å²) in [7, 11) is 1.50. The molecule has 4 heteroatoms. The third kappa shape index (κ3) is 2.22. The number of hydrogen-bond donors (Lipinski definition) is 0. The number of carbonyl (C=O) groups is 1. The molecule has 0 atom stereocenters. The molecule has 0 aliphatic rings. The van der Waals surface area contributed by atoms with Gasteiger partial charge >= 0.3 is 5.97 Å². The van der Waals surface area contributed by atoms with Crippen LogP contribution in [0.4, 0.5) is 0 Å². The zero-order chi connectivity index (χ0) is 10.6. The Kier molecular flexibility index (Phi) is 3.45. The minimum absolute atomic E-state index is 0.222. The lowest BCUT2D eigenvalue weighted by Gasteiger charge is -2.06. The van der Waals surface area contributed by atoms with E-state index in [9.17, 15) is 4.79 Å². The van der Waals surface area contributed by atoms with Crippen LogP contribution in [-0.2, 0) is 4.74 Å². The normalized spacial score (nSPS) is 9.64. The first-order chi connectivity index (χ1) is 6.69. The molecule has 14 heavy (non-hydrogen) atoms. The summed E-state index contributed by atoms with van der Waals surface area (Å²) in [4.78, 5) is 15.3. The third-order valence-corrected chi connectivity index (χ3v) is 1.68. The Bertz CT molecular complexity index is 336. The Morgan fingerprint density at radius 1 is 1.57 bits per heavy atom. The van der Waals surface area contributed by atoms with Gasteiger partial charge in [0.05, 0.1) is 13.7 Å². The monoisotopic (exact) mass is 195 g/mol. The van der Waals surface area contributed by atoms with Crippen LogP contribution in [0.1, 0.15) is 23.0 Å². The van der Waals surface area contributed by atoms with Gasteiger partial charge in [0, 0.05) is 6.20 Å². The van der Waals surface area contributed by atoms with Gasteiger partial charge in [-0.05, 0) is 25.5 Å². The maximum atomic E-state index is 11.4. The second kappa shape index (κ2) is 4.60. The Morgan fingerprint density at radius 2 is 2.29 bits per heavy atom. The van der Waals surface area contributed by atoms with E-state index >= 15 is 0 Å². The molecule has 0 saturated carbocycles. The van der Waals surface area contributed by atoms with E-state index in [1.807, 2.05) is 6.92 Å². The number of nitrogens with zero attached hydrogens (tertiary/aromatic N) is 1. The molecule has 0 N–H and O–H groups in total. The van der Waals surface area contributed by atoms with Crippen LogP contribution in [0.15, 0.2) is 12.3 Å². The Balaban J connectivity index is 3.01. The lowest BCUT2D eigenvalue weighted by Crippen LogP contribution is -2.09. The van der Waals surface area contributed by atoms with Crippen LogP contribution in [-0.4, -0.2) is 24.7 Å². The topological polar surface area (TPSA) is 48.4 Å². The van der Waals surface area contributed by atoms with Gasteiger partial charge in [-0.3, -0.25) is 0 Å². The molecule has 1 rings (SSSR count). The second-order valence-electron chi connectivity index (χ2n) is 2.78. The van der Waals surface area contributed by atoms with Crippen LogP contribution in [0.5, 0.6) is 5.75 Å². The summed E-state index contributed by atoms with van der Waals surface area (Å²) >= 11 is 0. The molecule has 0 unspecified atom stereocenters. The Labute approximate surface area is 82.9 Å². The molecule has 0 saturated heterocycles. The fraction of sp³-hybridized carbons (Fsp3) is 0.400. The molecule has 0 aliphatic heterocycles. The average Bonchev–Trinajstić information content (AvgIpc) is 2.17. The molecular weight excluding hydrogens is 182 g/mol. The van der Waals surface area contributed by atoms with E-state index in [1.54, 1.807) is 19.2 Å². The fourth-order valence-electron chi connectivity index (χ4n) is 1.05. The number of aromatic nitrogens is 1. The van der Waals surface area contributed by atoms with Crippen molar-refractivity contribution in [1.82, 2.24) is 4.98 Å². The van der Waals surface area contributed by atoms with Crippen molar-refractivity contribution in [2.75, 3.05) is 13.7 Å². The Morgan fingerprint density at radius 3 is 2.86 bits per heavy atom. The number of methoxy groups -OCH3 is 1. The highest BCUT2D eigenvalue weighted by Gasteiger charge is 2.14. The fourth-order valence-corrected chi connectivity index (χ4v) is 1.05. The quantitative estimate of drug-likeness (QED) is 0.687. The predicted octanol–water partition coefficient (Wildman–Crippen LogP) is 1.58. The van der Waals surface area contributed by atoms with Crippen molar-refractivity contribution in [2.24, 2.45) is 0 Å². The largest absolute Gasteiger partial charge is 0.494 e. The van der Waals surface area contributed by atoms with Gasteiger partial charge in [-0.15, -0.1) is 0 Å². The van der Waals surface area contributed by atoms with Gasteiger partial charge in [0.25, 0.3) is 0 Å². The highest BCUT2D eigenvalue weighted by molar-refractivity contribution is 5.90. The summed E-state index contributed by atoms with van der Waals surface area (Å²) in [5.74, 6) is -0.00667. The number of aryl methyl sites for hydroxylation is 1. The zero-order valence-corrected chi connectivity index (χ0v) is 8.53. The van der Waals surface area contributed by atoms with Crippen molar-refractivity contribution in [3.8, 4) is 5.75 Å². The second-order valence-corrected chi connectivity index (χ2v) is 2.78. The maximum absolute atomic E-state index is 11.4. The lowest BCUT2D eigenvalue weighted by atomic mass is 10.2. The number of ether oxygens (including phenoxy) is 2. The van der Waals surface area contributed by atoms with Gasteiger partial charge in [0.1, 0.15) is 0 Å². The van der Waals surface area contributed by atoms with Gasteiger partial charge in [-0.1, -0.05) is 0 Å². The molecule has 0 aromatic carbocycles. The summed E-state index contributed by atoms with van der Waals surface area (Å²) in [6, 6.07) is 1.75. The van der Waals surface area contributed by atoms with Gasteiger partial charge in [-0.2, -0.15) is 0 Å². The van der Waals surface area contributed by atoms with Crippen molar-refractivity contribution in [3.63, 3.8) is 0 Å². The van der Waals surface area contributed by atoms with Crippen molar-refractivity contribution in [3.05, 3.63) is 23.5 Å². The molecule has 1 aromatic heterocycles. The van der Waals surface area contributed by atoms with E-state index in [1.165, 1.54) is 7.11 Å². The van der Waals surface area contributed by atoms with E-state index in [2.05, 4.69) is 4.98 Å². The van der Waals surface area contributed by atoms with Gasteiger partial charge in [0.2, 0.25) is 0 Å². The van der Waals surface area contributed by atoms with Crippen LogP contribution in [0.25, 0.3) is 0 Å². The lowest BCUT2D eigenvalue weighted by molar-refractivity contribution is 0.0515. The highest BCUT2D eigenvalue weighted by Crippen LogP contribution is 2.17. The first kappa shape index (κ1) is 10.5. The summed E-state index contributed by atoms with van der Waals surface area (Å²) in [6.45, 7) is 3.96. The van der Waals surface area contributed by atoms with E-state index in [0.29, 0.717) is 12.4 Å². The SMILES string of the molecule is CCOC(=O)c1ncc(C)cc1OC. The van der Waals surface area contributed by atoms with Crippen LogP contribution in [0, 0.1) is 6.92 Å². The van der Waals surface area contributed by atoms with Crippen LogP contribution in [0.3, 0.4) is 0 Å². The van der Waals surface area contributed by atoms with E-state index < -0.39 is 5.97 Å². The molecule has 0 bridgehead atoms. The first-order valence-corrected chi connectivity index (χ1v) is 4.36. The summed E-state index contributed by atoms with van der Waals surface area (Å²) in [5, 5.41) is 0. The van der Waals surface area contributed by atoms with Gasteiger partial charge in [-0.25, -0.2) is 9.78 Å². The zero-order valence-electron chi connectivity index (χ0n) is 8.53. The Hall–Kier alpha value is -1.58. The van der Waals surface area contributed by atoms with Gasteiger partial charge < -0.3 is 9.47 Å². The van der Waals surface area contributed by atoms with E-state index in [0.717, 1.165) is 5.56 Å². The number of esters is 1. The van der Waals surface area contributed by atoms with Crippen LogP contribution < -0.4 is 4.74 Å². The standard InChI is InChI=1S/C10H13NO3/c1-4-14-10(12)9-8(13-3)5-7(2)6-11-9/h5-6H,4H2,1-3H3. The number of pyridine rings is 1. The van der Waals surface area contributed by atoms with E-state index in [-0.39, 0.29) is 5.69 Å². The number of rotatable bonds is 3. The average molecular weight is 195 g/mol. The smallest absolute Gasteiger partial charge is 0.360 e. The molecule has 0 aliphatic carbocycles. The number of carbonyl (C=O) groups excluding carboxylic acids is 1. The van der Waals surface area contributed by atoms with Crippen molar-refractivity contribution < 1.29 is 14.3 Å². The molecule has 0 fully saturated rings. The summed E-state index contributed by atoms with van der Waals surface area (Å²) in [6.07, 6.45) is 1.61. The number of hydrogen-bond acceptors (Lipinski definition) is 4. The van der Waals surface area contributed by atoms with Crippen molar-refractivity contribution >= 4 is 5.97 Å². The molecule has 4 nitrogen and oxygen atoms in total. The molecule has 0 amide bonds. The van der Waals surface area contributed by atoms with E-state index in [4.69, 9.17) is 9.47 Å². The summed E-state index contributed by atoms with van der Waals surface area (Å²) in [5.41, 5.74) is 1.16. The highest BCUT2D eigenvalue weighted by atomic mass is 16.5. The van der Waals surface area contributed by atoms with Crippen molar-refractivity contribution in [2.45, 2.75) is 13.8 Å². The summed E-state index contributed by atoms with van der Waals surface area (Å²) < 4.78 is 9.86. The molecule has 1 heterocycles. The predicted molar refractivity (Wildman–Crippen MR) is 51.5 cm³/mol. The third-order valence-electron chi connectivity index (χ3n) is 1.68. The molecule has 1 aromatic rings. The van der Waals surface area contributed by atoms with Crippen molar-refractivity contribution in [1.29, 1.82) is 0 Å². The molecule has 0 radical (unpaired) electrons. The van der Waals surface area contributed by atoms with Crippen LogP contribution in [0.2, 0.25) is 0 Å². The first-order valence-electron chi connectivity index (χ1n) is 4.36. The molecule has 0 spiro atoms. The maximum Gasteiger partial charge on any atom is 0.360 e. The molecular formula is C10H13NO3. The molecule has 76 valence electrons. The minimum atomic E-state index is -0.454. The minimum Gasteiger partial charge on any atom is -0.494 e. The van der Waals surface area contributed by atoms with Gasteiger partial charge in [0.15, 0.2) is 11.4 Å². The van der Waals surface area contributed by atoms with Crippen LogP contribution >= 0.6 is 0 Å².